The summed E-state index contributed by atoms with van der Waals surface area (Å²) in [4.78, 5) is 27.9. The van der Waals surface area contributed by atoms with Crippen molar-refractivity contribution < 1.29 is 14.7 Å². The van der Waals surface area contributed by atoms with Gasteiger partial charge in [-0.15, -0.1) is 0 Å². The minimum atomic E-state index is -1.11. The zero-order valence-corrected chi connectivity index (χ0v) is 10.7. The molecule has 0 saturated heterocycles. The Bertz CT molecular complexity index is 724. The highest BCUT2D eigenvalue weighted by atomic mass is 35.5. The molecule has 0 aliphatic heterocycles. The normalized spacial score (nSPS) is 14.5. The molecule has 0 atom stereocenters. The van der Waals surface area contributed by atoms with Crippen molar-refractivity contribution in [1.82, 2.24) is 4.98 Å². The van der Waals surface area contributed by atoms with Gasteiger partial charge in [0.05, 0.1) is 22.3 Å². The Hall–Kier alpha value is -1.94. The van der Waals surface area contributed by atoms with Crippen molar-refractivity contribution >= 4 is 34.3 Å². The molecule has 0 amide bonds. The molecule has 1 heterocycles. The Balaban J connectivity index is 2.47. The third-order valence-electron chi connectivity index (χ3n) is 3.33. The second kappa shape index (κ2) is 4.31. The third-order valence-corrected chi connectivity index (χ3v) is 3.57. The summed E-state index contributed by atoms with van der Waals surface area (Å²) < 4.78 is 0. The lowest BCUT2D eigenvalue weighted by molar-refractivity contribution is 0.0693. The van der Waals surface area contributed by atoms with E-state index < -0.39 is 5.97 Å². The summed E-state index contributed by atoms with van der Waals surface area (Å²) in [5.41, 5.74) is 1.44. The molecule has 96 valence electrons. The van der Waals surface area contributed by atoms with Crippen molar-refractivity contribution in [2.45, 2.75) is 19.3 Å². The van der Waals surface area contributed by atoms with Gasteiger partial charge < -0.3 is 5.11 Å². The number of aromatic carboxylic acids is 1. The van der Waals surface area contributed by atoms with Crippen LogP contribution in [0.3, 0.4) is 0 Å². The zero-order valence-electron chi connectivity index (χ0n) is 9.94. The van der Waals surface area contributed by atoms with Crippen molar-refractivity contribution in [1.29, 1.82) is 0 Å². The number of hydrogen-bond acceptors (Lipinski definition) is 3. The molecular formula is C14H10ClNO3. The maximum Gasteiger partial charge on any atom is 0.337 e. The molecule has 1 aliphatic rings. The topological polar surface area (TPSA) is 67.3 Å². The summed E-state index contributed by atoms with van der Waals surface area (Å²) in [5, 5.41) is 10.3. The Morgan fingerprint density at radius 1 is 1.32 bits per heavy atom. The fraction of sp³-hybridized carbons (Fsp3) is 0.214. The maximum atomic E-state index is 12.0. The average molecular weight is 276 g/mol. The molecule has 0 spiro atoms. The number of pyridine rings is 1. The number of carbonyl (C=O) groups excluding carboxylic acids is 1. The highest BCUT2D eigenvalue weighted by Gasteiger charge is 2.27. The van der Waals surface area contributed by atoms with Crippen LogP contribution in [0.4, 0.5) is 0 Å². The molecule has 19 heavy (non-hydrogen) atoms. The number of halogens is 1. The minimum Gasteiger partial charge on any atom is -0.478 e. The van der Waals surface area contributed by atoms with E-state index in [0.29, 0.717) is 34.5 Å². The van der Waals surface area contributed by atoms with Gasteiger partial charge in [-0.25, -0.2) is 4.79 Å². The number of carboxylic acid groups (broad SMARTS) is 1. The molecule has 4 nitrogen and oxygen atoms in total. The van der Waals surface area contributed by atoms with E-state index in [4.69, 9.17) is 11.6 Å². The number of Topliss-reactive ketones (excluding diaryl/α,β-unsaturated/α-hetero) is 1. The quantitative estimate of drug-likeness (QED) is 0.868. The first-order chi connectivity index (χ1) is 9.08. The van der Waals surface area contributed by atoms with E-state index in [1.54, 1.807) is 18.2 Å². The van der Waals surface area contributed by atoms with E-state index in [-0.39, 0.29) is 16.9 Å². The van der Waals surface area contributed by atoms with Gasteiger partial charge in [-0.05, 0) is 31.0 Å². The third kappa shape index (κ3) is 1.88. The number of nitrogens with zero attached hydrogens (tertiary/aromatic N) is 1. The van der Waals surface area contributed by atoms with E-state index in [1.165, 1.54) is 0 Å². The largest absolute Gasteiger partial charge is 0.478 e. The molecule has 1 aromatic heterocycles. The number of carboxylic acids is 1. The molecule has 2 aromatic rings. The van der Waals surface area contributed by atoms with Crippen molar-refractivity contribution in [2.24, 2.45) is 0 Å². The first-order valence-electron chi connectivity index (χ1n) is 5.96. The van der Waals surface area contributed by atoms with Gasteiger partial charge in [0.2, 0.25) is 0 Å². The first-order valence-corrected chi connectivity index (χ1v) is 6.34. The van der Waals surface area contributed by atoms with Crippen LogP contribution >= 0.6 is 11.6 Å². The molecule has 0 bridgehead atoms. The van der Waals surface area contributed by atoms with Gasteiger partial charge >= 0.3 is 5.97 Å². The summed E-state index contributed by atoms with van der Waals surface area (Å²) >= 11 is 5.91. The summed E-state index contributed by atoms with van der Waals surface area (Å²) in [6, 6.07) is 4.90. The minimum absolute atomic E-state index is 0.0344. The maximum absolute atomic E-state index is 12.0. The van der Waals surface area contributed by atoms with Crippen LogP contribution in [-0.2, 0) is 6.42 Å². The number of aryl methyl sites for hydroxylation is 1. The van der Waals surface area contributed by atoms with Gasteiger partial charge in [-0.3, -0.25) is 9.78 Å². The van der Waals surface area contributed by atoms with Gasteiger partial charge in [-0.1, -0.05) is 11.6 Å². The van der Waals surface area contributed by atoms with Crippen LogP contribution in [0.5, 0.6) is 0 Å². The molecule has 5 heteroatoms. The van der Waals surface area contributed by atoms with Crippen molar-refractivity contribution in [3.63, 3.8) is 0 Å². The van der Waals surface area contributed by atoms with Crippen LogP contribution < -0.4 is 0 Å². The Morgan fingerprint density at radius 3 is 2.84 bits per heavy atom. The molecule has 0 unspecified atom stereocenters. The molecule has 0 saturated carbocycles. The van der Waals surface area contributed by atoms with Crippen molar-refractivity contribution in [3.05, 3.63) is 40.0 Å². The number of aromatic nitrogens is 1. The zero-order chi connectivity index (χ0) is 13.6. The lowest BCUT2D eigenvalue weighted by Gasteiger charge is -2.17. The fourth-order valence-electron chi connectivity index (χ4n) is 2.53. The molecule has 1 aliphatic carbocycles. The number of fused-ring (bicyclic) bond motifs is 2. The number of hydrogen-bond donors (Lipinski definition) is 1. The fourth-order valence-corrected chi connectivity index (χ4v) is 2.70. The summed E-state index contributed by atoms with van der Waals surface area (Å²) in [6.45, 7) is 0. The predicted octanol–water partition coefficient (Wildman–Crippen LogP) is 3.11. The average Bonchev–Trinajstić information content (AvgIpc) is 2.36. The highest BCUT2D eigenvalue weighted by Crippen LogP contribution is 2.30. The van der Waals surface area contributed by atoms with Crippen molar-refractivity contribution in [2.75, 3.05) is 0 Å². The van der Waals surface area contributed by atoms with E-state index in [9.17, 15) is 14.7 Å². The first kappa shape index (κ1) is 12.1. The number of carbonyl (C=O) groups is 2. The predicted molar refractivity (Wildman–Crippen MR) is 71.0 cm³/mol. The molecule has 0 radical (unpaired) electrons. The lowest BCUT2D eigenvalue weighted by atomic mass is 9.89. The van der Waals surface area contributed by atoms with E-state index >= 15 is 0 Å². The van der Waals surface area contributed by atoms with Gasteiger partial charge in [0, 0.05) is 16.8 Å². The Morgan fingerprint density at radius 2 is 2.11 bits per heavy atom. The summed E-state index contributed by atoms with van der Waals surface area (Å²) in [7, 11) is 0. The molecule has 1 N–H and O–H groups in total. The van der Waals surface area contributed by atoms with E-state index in [1.807, 2.05) is 0 Å². The van der Waals surface area contributed by atoms with Gasteiger partial charge in [0.25, 0.3) is 0 Å². The summed E-state index contributed by atoms with van der Waals surface area (Å²) in [5.74, 6) is -1.26. The van der Waals surface area contributed by atoms with Gasteiger partial charge in [0.1, 0.15) is 0 Å². The smallest absolute Gasteiger partial charge is 0.337 e. The van der Waals surface area contributed by atoms with Crippen LogP contribution in [0.25, 0.3) is 10.9 Å². The van der Waals surface area contributed by atoms with Gasteiger partial charge in [0.15, 0.2) is 5.78 Å². The number of benzene rings is 1. The van der Waals surface area contributed by atoms with Crippen LogP contribution in [0.1, 0.15) is 39.3 Å². The second-order valence-corrected chi connectivity index (χ2v) is 4.99. The second-order valence-electron chi connectivity index (χ2n) is 4.55. The monoisotopic (exact) mass is 275 g/mol. The molecule has 0 fully saturated rings. The highest BCUT2D eigenvalue weighted by molar-refractivity contribution is 6.31. The molecular weight excluding hydrogens is 266 g/mol. The lowest BCUT2D eigenvalue weighted by Crippen LogP contribution is -2.18. The molecule has 1 aromatic carbocycles. The summed E-state index contributed by atoms with van der Waals surface area (Å²) in [6.07, 6.45) is 1.73. The Labute approximate surface area is 114 Å². The van der Waals surface area contributed by atoms with Crippen LogP contribution in [0.2, 0.25) is 5.02 Å². The molecule has 3 rings (SSSR count). The van der Waals surface area contributed by atoms with Crippen LogP contribution in [0.15, 0.2) is 18.2 Å². The van der Waals surface area contributed by atoms with E-state index in [0.717, 1.165) is 6.42 Å². The Kier molecular flexibility index (Phi) is 2.75. The van der Waals surface area contributed by atoms with Crippen LogP contribution in [0, 0.1) is 0 Å². The standard InChI is InChI=1S/C14H10ClNO3/c15-7-4-5-9-8(6-7)12(14(18)19)13-10(16-9)2-1-3-11(13)17/h4-6H,1-3H2,(H,18,19). The number of ketones is 1. The van der Waals surface area contributed by atoms with Crippen molar-refractivity contribution in [3.8, 4) is 0 Å². The van der Waals surface area contributed by atoms with Crippen LogP contribution in [-0.4, -0.2) is 21.8 Å². The number of rotatable bonds is 1. The van der Waals surface area contributed by atoms with E-state index in [2.05, 4.69) is 4.98 Å². The van der Waals surface area contributed by atoms with Gasteiger partial charge in [-0.2, -0.15) is 0 Å². The SMILES string of the molecule is O=C1CCCc2nc3ccc(Cl)cc3c(C(=O)O)c21.